The van der Waals surface area contributed by atoms with E-state index >= 15 is 0 Å². The van der Waals surface area contributed by atoms with Crippen LogP contribution >= 0.6 is 11.3 Å². The van der Waals surface area contributed by atoms with Gasteiger partial charge >= 0.3 is 0 Å². The van der Waals surface area contributed by atoms with E-state index in [-0.39, 0.29) is 4.90 Å². The number of ether oxygens (including phenoxy) is 1. The standard InChI is InChI=1S/C26H26N4O3S2/c31-35(32,29-16-18-33-19-17-29)24-11-9-23(10-12-24)28-26-30(15-13-22-8-4-5-14-27-22)25(20-34-26)21-6-2-1-3-7-21/h1-12,14,20H,13,15-19H2. The van der Waals surface area contributed by atoms with Crippen LogP contribution in [0.25, 0.3) is 11.3 Å². The molecule has 0 amide bonds. The smallest absolute Gasteiger partial charge is 0.243 e. The maximum absolute atomic E-state index is 12.9. The van der Waals surface area contributed by atoms with Crippen molar-refractivity contribution in [2.45, 2.75) is 17.9 Å². The predicted molar refractivity (Wildman–Crippen MR) is 137 cm³/mol. The van der Waals surface area contributed by atoms with Crippen LogP contribution in [0.3, 0.4) is 0 Å². The number of rotatable bonds is 7. The summed E-state index contributed by atoms with van der Waals surface area (Å²) in [4.78, 5) is 10.5. The minimum atomic E-state index is -3.53. The van der Waals surface area contributed by atoms with Crippen LogP contribution < -0.4 is 4.80 Å². The van der Waals surface area contributed by atoms with Gasteiger partial charge in [-0.05, 0) is 42.0 Å². The second-order valence-corrected chi connectivity index (χ2v) is 10.9. The average molecular weight is 507 g/mol. The maximum Gasteiger partial charge on any atom is 0.243 e. The molecule has 0 atom stereocenters. The Morgan fingerprint density at radius 2 is 1.69 bits per heavy atom. The summed E-state index contributed by atoms with van der Waals surface area (Å²) in [7, 11) is -3.53. The second kappa shape index (κ2) is 10.7. The van der Waals surface area contributed by atoms with Crippen molar-refractivity contribution in [3.63, 3.8) is 0 Å². The highest BCUT2D eigenvalue weighted by Gasteiger charge is 2.26. The Balaban J connectivity index is 1.46. The highest BCUT2D eigenvalue weighted by Crippen LogP contribution is 2.23. The molecule has 0 radical (unpaired) electrons. The van der Waals surface area contributed by atoms with Gasteiger partial charge in [0.1, 0.15) is 0 Å². The molecule has 0 spiro atoms. The molecular formula is C26H26N4O3S2. The Kier molecular flexibility index (Phi) is 7.19. The average Bonchev–Trinajstić information content (AvgIpc) is 3.31. The van der Waals surface area contributed by atoms with Crippen LogP contribution in [0.15, 0.2) is 94.3 Å². The molecule has 4 aromatic rings. The third kappa shape index (κ3) is 5.43. The van der Waals surface area contributed by atoms with Crippen molar-refractivity contribution in [2.24, 2.45) is 4.99 Å². The van der Waals surface area contributed by atoms with Crippen molar-refractivity contribution in [2.75, 3.05) is 26.3 Å². The van der Waals surface area contributed by atoms with E-state index in [1.54, 1.807) is 35.6 Å². The van der Waals surface area contributed by atoms with Crippen LogP contribution in [0.4, 0.5) is 5.69 Å². The lowest BCUT2D eigenvalue weighted by molar-refractivity contribution is 0.0730. The van der Waals surface area contributed by atoms with E-state index in [2.05, 4.69) is 27.1 Å². The molecule has 1 aliphatic heterocycles. The first kappa shape index (κ1) is 23.6. The number of aryl methyl sites for hydroxylation is 1. The summed E-state index contributed by atoms with van der Waals surface area (Å²) < 4.78 is 34.8. The molecule has 7 nitrogen and oxygen atoms in total. The van der Waals surface area contributed by atoms with Crippen LogP contribution in [0.2, 0.25) is 0 Å². The molecule has 2 aromatic heterocycles. The first-order valence-corrected chi connectivity index (χ1v) is 13.8. The molecule has 1 saturated heterocycles. The third-order valence-electron chi connectivity index (χ3n) is 5.85. The normalized spacial score (nSPS) is 15.4. The minimum absolute atomic E-state index is 0.275. The van der Waals surface area contributed by atoms with E-state index in [0.717, 1.165) is 34.7 Å². The Bertz CT molecular complexity index is 1430. The van der Waals surface area contributed by atoms with Gasteiger partial charge in [0.2, 0.25) is 10.0 Å². The molecule has 0 unspecified atom stereocenters. The zero-order valence-electron chi connectivity index (χ0n) is 19.2. The lowest BCUT2D eigenvalue weighted by Crippen LogP contribution is -2.40. The van der Waals surface area contributed by atoms with Crippen LogP contribution in [0, 0.1) is 0 Å². The number of benzene rings is 2. The molecule has 1 fully saturated rings. The van der Waals surface area contributed by atoms with Gasteiger partial charge in [0, 0.05) is 43.3 Å². The number of morpholine rings is 1. The molecule has 3 heterocycles. The minimum Gasteiger partial charge on any atom is -0.379 e. The number of sulfonamides is 1. The van der Waals surface area contributed by atoms with E-state index < -0.39 is 10.0 Å². The highest BCUT2D eigenvalue weighted by molar-refractivity contribution is 7.89. The molecule has 0 N–H and O–H groups in total. The number of hydrogen-bond donors (Lipinski definition) is 0. The summed E-state index contributed by atoms with van der Waals surface area (Å²) in [6.07, 6.45) is 2.59. The maximum atomic E-state index is 12.9. The zero-order valence-corrected chi connectivity index (χ0v) is 20.8. The van der Waals surface area contributed by atoms with Gasteiger partial charge in [-0.1, -0.05) is 36.4 Å². The molecular weight excluding hydrogens is 480 g/mol. The Labute approximate surface area is 209 Å². The van der Waals surface area contributed by atoms with Crippen molar-refractivity contribution in [1.29, 1.82) is 0 Å². The van der Waals surface area contributed by atoms with E-state index in [4.69, 9.17) is 9.73 Å². The second-order valence-electron chi connectivity index (χ2n) is 8.11. The molecule has 1 aliphatic rings. The van der Waals surface area contributed by atoms with Crippen LogP contribution in [0.5, 0.6) is 0 Å². The summed E-state index contributed by atoms with van der Waals surface area (Å²) in [5, 5.41) is 2.11. The molecule has 35 heavy (non-hydrogen) atoms. The van der Waals surface area contributed by atoms with Crippen LogP contribution in [0.1, 0.15) is 5.69 Å². The number of pyridine rings is 1. The van der Waals surface area contributed by atoms with E-state index in [1.165, 1.54) is 4.31 Å². The SMILES string of the molecule is O=S(=O)(c1ccc(N=c2scc(-c3ccccc3)n2CCc2ccccn2)cc1)N1CCOCC1. The number of nitrogens with zero attached hydrogens (tertiary/aromatic N) is 4. The highest BCUT2D eigenvalue weighted by atomic mass is 32.2. The lowest BCUT2D eigenvalue weighted by Gasteiger charge is -2.26. The van der Waals surface area contributed by atoms with Crippen LogP contribution in [-0.4, -0.2) is 48.6 Å². The fraction of sp³-hybridized carbons (Fsp3) is 0.231. The Hall–Kier alpha value is -3.11. The van der Waals surface area contributed by atoms with Gasteiger partial charge in [-0.15, -0.1) is 11.3 Å². The number of thiazole rings is 1. The molecule has 0 bridgehead atoms. The predicted octanol–water partition coefficient (Wildman–Crippen LogP) is 4.11. The Morgan fingerprint density at radius 1 is 0.943 bits per heavy atom. The summed E-state index contributed by atoms with van der Waals surface area (Å²) in [6, 6.07) is 23.0. The van der Waals surface area contributed by atoms with E-state index in [1.807, 2.05) is 42.6 Å². The van der Waals surface area contributed by atoms with Crippen molar-refractivity contribution >= 4 is 27.0 Å². The van der Waals surface area contributed by atoms with Gasteiger partial charge in [-0.25, -0.2) is 13.4 Å². The molecule has 5 rings (SSSR count). The summed E-state index contributed by atoms with van der Waals surface area (Å²) in [6.45, 7) is 2.33. The molecule has 2 aromatic carbocycles. The van der Waals surface area contributed by atoms with Crippen molar-refractivity contribution in [1.82, 2.24) is 13.9 Å². The lowest BCUT2D eigenvalue weighted by atomic mass is 10.1. The van der Waals surface area contributed by atoms with Gasteiger partial charge in [-0.2, -0.15) is 4.31 Å². The van der Waals surface area contributed by atoms with Crippen molar-refractivity contribution in [3.05, 3.63) is 94.9 Å². The third-order valence-corrected chi connectivity index (χ3v) is 8.63. The van der Waals surface area contributed by atoms with Crippen molar-refractivity contribution < 1.29 is 13.2 Å². The first-order chi connectivity index (χ1) is 17.1. The zero-order chi connectivity index (χ0) is 24.1. The van der Waals surface area contributed by atoms with E-state index in [9.17, 15) is 8.42 Å². The largest absolute Gasteiger partial charge is 0.379 e. The fourth-order valence-corrected chi connectivity index (χ4v) is 6.35. The van der Waals surface area contributed by atoms with Gasteiger partial charge in [0.25, 0.3) is 0 Å². The summed E-state index contributed by atoms with van der Waals surface area (Å²) >= 11 is 1.57. The number of hydrogen-bond acceptors (Lipinski definition) is 6. The fourth-order valence-electron chi connectivity index (χ4n) is 3.99. The van der Waals surface area contributed by atoms with Crippen molar-refractivity contribution in [3.8, 4) is 11.3 Å². The van der Waals surface area contributed by atoms with Gasteiger partial charge < -0.3 is 9.30 Å². The summed E-state index contributed by atoms with van der Waals surface area (Å²) in [5.41, 5.74) is 3.95. The number of aromatic nitrogens is 2. The summed E-state index contributed by atoms with van der Waals surface area (Å²) in [5.74, 6) is 0. The molecule has 0 aliphatic carbocycles. The van der Waals surface area contributed by atoms with E-state index in [0.29, 0.717) is 32.0 Å². The molecule has 9 heteroatoms. The van der Waals surface area contributed by atoms with Gasteiger partial charge in [-0.3, -0.25) is 4.98 Å². The molecule has 0 saturated carbocycles. The topological polar surface area (TPSA) is 76.8 Å². The molecule has 180 valence electrons. The quantitative estimate of drug-likeness (QED) is 0.378. The van der Waals surface area contributed by atoms with Gasteiger partial charge in [0.05, 0.1) is 29.5 Å². The first-order valence-electron chi connectivity index (χ1n) is 11.5. The Morgan fingerprint density at radius 3 is 2.40 bits per heavy atom. The van der Waals surface area contributed by atoms with Gasteiger partial charge in [0.15, 0.2) is 4.80 Å². The van der Waals surface area contributed by atoms with Crippen LogP contribution in [-0.2, 0) is 27.7 Å². The monoisotopic (exact) mass is 506 g/mol.